The first-order valence-electron chi connectivity index (χ1n) is 9.49. The van der Waals surface area contributed by atoms with Gasteiger partial charge >= 0.3 is 0 Å². The van der Waals surface area contributed by atoms with E-state index in [0.29, 0.717) is 13.0 Å². The van der Waals surface area contributed by atoms with Gasteiger partial charge in [-0.1, -0.05) is 60.7 Å². The average Bonchev–Trinajstić information content (AvgIpc) is 2.76. The van der Waals surface area contributed by atoms with Crippen molar-refractivity contribution < 1.29 is 17.9 Å². The Bertz CT molecular complexity index is 1060. The summed E-state index contributed by atoms with van der Waals surface area (Å²) in [5.74, 6) is -0.0230. The molecule has 0 atom stereocenters. The Labute approximate surface area is 176 Å². The van der Waals surface area contributed by atoms with Crippen LogP contribution in [0.25, 0.3) is 0 Å². The van der Waals surface area contributed by atoms with E-state index in [1.165, 1.54) is 25.3 Å². The zero-order valence-electron chi connectivity index (χ0n) is 16.6. The number of ether oxygens (including phenoxy) is 1. The Balaban J connectivity index is 1.76. The number of benzene rings is 3. The smallest absolute Gasteiger partial charge is 0.255 e. The van der Waals surface area contributed by atoms with Crippen molar-refractivity contribution in [2.75, 3.05) is 13.7 Å². The highest BCUT2D eigenvalue weighted by atomic mass is 32.2. The normalized spacial score (nSPS) is 11.3. The number of carbonyl (C=O) groups is 1. The molecule has 0 aliphatic carbocycles. The van der Waals surface area contributed by atoms with E-state index >= 15 is 0 Å². The number of nitrogens with one attached hydrogen (secondary N) is 1. The molecule has 6 nitrogen and oxygen atoms in total. The molecule has 0 saturated heterocycles. The first-order valence-corrected chi connectivity index (χ1v) is 11.0. The quantitative estimate of drug-likeness (QED) is 0.580. The third-order valence-electron chi connectivity index (χ3n) is 4.87. The molecule has 0 heterocycles. The lowest BCUT2D eigenvalue weighted by molar-refractivity contribution is 0.0949. The van der Waals surface area contributed by atoms with E-state index in [1.54, 1.807) is 0 Å². The zero-order valence-corrected chi connectivity index (χ0v) is 17.4. The Hall–Kier alpha value is -3.16. The van der Waals surface area contributed by atoms with Gasteiger partial charge in [-0.2, -0.15) is 0 Å². The first kappa shape index (κ1) is 21.5. The van der Waals surface area contributed by atoms with Crippen LogP contribution >= 0.6 is 0 Å². The largest absolute Gasteiger partial charge is 0.496 e. The SMILES string of the molecule is COc1ccc(S(N)(=O)=O)cc1C(=O)NCCC(c1ccccc1)c1ccccc1. The summed E-state index contributed by atoms with van der Waals surface area (Å²) in [4.78, 5) is 12.6. The molecule has 0 bridgehead atoms. The van der Waals surface area contributed by atoms with Gasteiger partial charge in [-0.25, -0.2) is 13.6 Å². The van der Waals surface area contributed by atoms with Crippen molar-refractivity contribution >= 4 is 15.9 Å². The van der Waals surface area contributed by atoms with Gasteiger partial charge in [0.1, 0.15) is 5.75 Å². The molecule has 0 radical (unpaired) electrons. The Morgan fingerprint density at radius 1 is 0.967 bits per heavy atom. The van der Waals surface area contributed by atoms with Crippen LogP contribution in [0.3, 0.4) is 0 Å². The van der Waals surface area contributed by atoms with E-state index < -0.39 is 15.9 Å². The number of hydrogen-bond acceptors (Lipinski definition) is 4. The number of carbonyl (C=O) groups excluding carboxylic acids is 1. The highest BCUT2D eigenvalue weighted by molar-refractivity contribution is 7.89. The molecule has 0 aromatic heterocycles. The van der Waals surface area contributed by atoms with Crippen molar-refractivity contribution in [1.82, 2.24) is 5.32 Å². The maximum Gasteiger partial charge on any atom is 0.255 e. The van der Waals surface area contributed by atoms with Crippen LogP contribution in [0.15, 0.2) is 83.8 Å². The van der Waals surface area contributed by atoms with Gasteiger partial charge < -0.3 is 10.1 Å². The van der Waals surface area contributed by atoms with Crippen LogP contribution in [-0.2, 0) is 10.0 Å². The summed E-state index contributed by atoms with van der Waals surface area (Å²) in [5, 5.41) is 8.05. The van der Waals surface area contributed by atoms with E-state index in [4.69, 9.17) is 9.88 Å². The third-order valence-corrected chi connectivity index (χ3v) is 5.78. The molecule has 0 aliphatic rings. The first-order chi connectivity index (χ1) is 14.4. The molecule has 30 heavy (non-hydrogen) atoms. The minimum absolute atomic E-state index is 0.116. The maximum atomic E-state index is 12.7. The molecule has 3 aromatic carbocycles. The highest BCUT2D eigenvalue weighted by Crippen LogP contribution is 2.27. The van der Waals surface area contributed by atoms with Crippen molar-refractivity contribution in [1.29, 1.82) is 0 Å². The van der Waals surface area contributed by atoms with Gasteiger partial charge in [-0.3, -0.25) is 4.79 Å². The summed E-state index contributed by atoms with van der Waals surface area (Å²) >= 11 is 0. The third kappa shape index (κ3) is 5.25. The van der Waals surface area contributed by atoms with Crippen LogP contribution in [0.2, 0.25) is 0 Å². The monoisotopic (exact) mass is 424 g/mol. The number of sulfonamides is 1. The topological polar surface area (TPSA) is 98.5 Å². The van der Waals surface area contributed by atoms with Crippen LogP contribution in [0.5, 0.6) is 5.75 Å². The van der Waals surface area contributed by atoms with Crippen molar-refractivity contribution in [2.45, 2.75) is 17.2 Å². The molecule has 0 fully saturated rings. The molecule has 0 saturated carbocycles. The lowest BCUT2D eigenvalue weighted by Gasteiger charge is -2.19. The lowest BCUT2D eigenvalue weighted by Crippen LogP contribution is -2.26. The molecule has 3 aromatic rings. The molecule has 0 spiro atoms. The van der Waals surface area contributed by atoms with E-state index in [1.807, 2.05) is 36.4 Å². The van der Waals surface area contributed by atoms with Crippen LogP contribution in [0.4, 0.5) is 0 Å². The predicted octanol–water partition coefficient (Wildman–Crippen LogP) is 3.29. The molecule has 3 N–H and O–H groups in total. The van der Waals surface area contributed by atoms with Crippen LogP contribution in [0, 0.1) is 0 Å². The molecule has 1 amide bonds. The van der Waals surface area contributed by atoms with E-state index in [9.17, 15) is 13.2 Å². The summed E-state index contributed by atoms with van der Waals surface area (Å²) in [5.41, 5.74) is 2.44. The number of hydrogen-bond donors (Lipinski definition) is 2. The van der Waals surface area contributed by atoms with Gasteiger partial charge in [0.15, 0.2) is 0 Å². The average molecular weight is 425 g/mol. The number of amides is 1. The molecular formula is C23H24N2O4S. The van der Waals surface area contributed by atoms with Crippen molar-refractivity contribution in [3.8, 4) is 5.75 Å². The molecule has 3 rings (SSSR count). The van der Waals surface area contributed by atoms with Crippen LogP contribution in [0.1, 0.15) is 33.8 Å². The summed E-state index contributed by atoms with van der Waals surface area (Å²) in [6, 6.07) is 24.1. The second kappa shape index (κ2) is 9.56. The molecule has 0 unspecified atom stereocenters. The van der Waals surface area contributed by atoms with E-state index in [2.05, 4.69) is 29.6 Å². The standard InChI is InChI=1S/C23H24N2O4S/c1-29-22-13-12-19(30(24,27)28)16-21(22)23(26)25-15-14-20(17-8-4-2-5-9-17)18-10-6-3-7-11-18/h2-13,16,20H,14-15H2,1H3,(H,25,26)(H2,24,27,28). The summed E-state index contributed by atoms with van der Waals surface area (Å²) in [7, 11) is -2.51. The Morgan fingerprint density at radius 3 is 2.03 bits per heavy atom. The highest BCUT2D eigenvalue weighted by Gasteiger charge is 2.18. The Kier molecular flexibility index (Phi) is 6.87. The fourth-order valence-corrected chi connectivity index (χ4v) is 3.90. The van der Waals surface area contributed by atoms with E-state index in [-0.39, 0.29) is 22.1 Å². The number of nitrogens with two attached hydrogens (primary N) is 1. The molecular weight excluding hydrogens is 400 g/mol. The predicted molar refractivity (Wildman–Crippen MR) is 116 cm³/mol. The molecule has 0 aliphatic heterocycles. The van der Waals surface area contributed by atoms with Crippen molar-refractivity contribution in [2.24, 2.45) is 5.14 Å². The molecule has 7 heteroatoms. The van der Waals surface area contributed by atoms with Gasteiger partial charge in [0.2, 0.25) is 10.0 Å². The number of methoxy groups -OCH3 is 1. The maximum absolute atomic E-state index is 12.7. The summed E-state index contributed by atoms with van der Waals surface area (Å²) in [6.07, 6.45) is 0.678. The minimum atomic E-state index is -3.93. The minimum Gasteiger partial charge on any atom is -0.496 e. The summed E-state index contributed by atoms with van der Waals surface area (Å²) < 4.78 is 28.5. The second-order valence-corrected chi connectivity index (χ2v) is 8.39. The zero-order chi connectivity index (χ0) is 21.6. The van der Waals surface area contributed by atoms with Crippen LogP contribution < -0.4 is 15.2 Å². The Morgan fingerprint density at radius 2 is 1.53 bits per heavy atom. The van der Waals surface area contributed by atoms with Crippen molar-refractivity contribution in [3.63, 3.8) is 0 Å². The number of rotatable bonds is 8. The number of primary sulfonamides is 1. The van der Waals surface area contributed by atoms with Gasteiger partial charge in [-0.15, -0.1) is 0 Å². The van der Waals surface area contributed by atoms with Crippen molar-refractivity contribution in [3.05, 3.63) is 95.6 Å². The van der Waals surface area contributed by atoms with Gasteiger partial charge in [0, 0.05) is 12.5 Å². The van der Waals surface area contributed by atoms with Gasteiger partial charge in [0.05, 0.1) is 17.6 Å². The van der Waals surface area contributed by atoms with Gasteiger partial charge in [-0.05, 0) is 35.7 Å². The van der Waals surface area contributed by atoms with E-state index in [0.717, 1.165) is 11.1 Å². The molecule has 156 valence electrons. The van der Waals surface area contributed by atoms with Crippen LogP contribution in [-0.4, -0.2) is 28.0 Å². The lowest BCUT2D eigenvalue weighted by atomic mass is 9.88. The van der Waals surface area contributed by atoms with Gasteiger partial charge in [0.25, 0.3) is 5.91 Å². The summed E-state index contributed by atoms with van der Waals surface area (Å²) in [6.45, 7) is 0.399. The second-order valence-electron chi connectivity index (χ2n) is 6.83. The fourth-order valence-electron chi connectivity index (χ4n) is 3.36. The fraction of sp³-hybridized carbons (Fsp3) is 0.174.